The number of hydrogen-bond donors (Lipinski definition) is 1. The molecule has 2 aromatic carbocycles. The summed E-state index contributed by atoms with van der Waals surface area (Å²) in [5.74, 6) is -1.53. The van der Waals surface area contributed by atoms with Gasteiger partial charge in [0.1, 0.15) is 0 Å². The fourth-order valence-corrected chi connectivity index (χ4v) is 2.76. The highest BCUT2D eigenvalue weighted by molar-refractivity contribution is 5.89. The summed E-state index contributed by atoms with van der Waals surface area (Å²) in [6.45, 7) is 0.135. The number of hydrogen-bond acceptors (Lipinski definition) is 6. The van der Waals surface area contributed by atoms with Crippen molar-refractivity contribution >= 4 is 11.9 Å². The molecular weight excluding hydrogens is 429 g/mol. The number of halogens is 3. The minimum atomic E-state index is -4.61. The molecule has 32 heavy (non-hydrogen) atoms. The quantitative estimate of drug-likeness (QED) is 0.533. The van der Waals surface area contributed by atoms with Crippen molar-refractivity contribution in [3.63, 3.8) is 0 Å². The van der Waals surface area contributed by atoms with Gasteiger partial charge < -0.3 is 14.8 Å². The van der Waals surface area contributed by atoms with Crippen LogP contribution in [0.5, 0.6) is 0 Å². The summed E-state index contributed by atoms with van der Waals surface area (Å²) in [4.78, 5) is 24.0. The highest BCUT2D eigenvalue weighted by atomic mass is 19.4. The number of alkyl halides is 3. The first kappa shape index (κ1) is 22.9. The summed E-state index contributed by atoms with van der Waals surface area (Å²) in [6, 6.07) is 12.1. The molecule has 1 heterocycles. The summed E-state index contributed by atoms with van der Waals surface area (Å²) >= 11 is 0. The summed E-state index contributed by atoms with van der Waals surface area (Å²) in [5.41, 5.74) is 0.280. The Morgan fingerprint density at radius 1 is 1.06 bits per heavy atom. The molecule has 0 spiro atoms. The smallest absolute Gasteiger partial charge is 0.418 e. The second-order valence-corrected chi connectivity index (χ2v) is 6.67. The molecule has 3 aromatic rings. The van der Waals surface area contributed by atoms with Crippen molar-refractivity contribution in [2.45, 2.75) is 19.3 Å². The van der Waals surface area contributed by atoms with Crippen LogP contribution in [0.25, 0.3) is 5.69 Å². The number of para-hydroxylation sites is 1. The molecule has 11 heteroatoms. The average Bonchev–Trinajstić information content (AvgIpc) is 3.27. The van der Waals surface area contributed by atoms with Crippen LogP contribution in [-0.4, -0.2) is 40.6 Å². The van der Waals surface area contributed by atoms with Gasteiger partial charge in [-0.3, -0.25) is 4.79 Å². The average molecular weight is 448 g/mol. The molecule has 0 saturated carbocycles. The van der Waals surface area contributed by atoms with Crippen LogP contribution in [-0.2, 0) is 33.6 Å². The molecule has 1 aromatic heterocycles. The van der Waals surface area contributed by atoms with Gasteiger partial charge in [-0.2, -0.15) is 13.2 Å². The number of carbonyl (C=O) groups is 2. The molecule has 0 fully saturated rings. The van der Waals surface area contributed by atoms with E-state index in [9.17, 15) is 22.8 Å². The number of methoxy groups -OCH3 is 1. The molecule has 0 radical (unpaired) electrons. The van der Waals surface area contributed by atoms with Crippen LogP contribution in [0.1, 0.15) is 27.2 Å². The fourth-order valence-electron chi connectivity index (χ4n) is 2.76. The lowest BCUT2D eigenvalue weighted by molar-refractivity contribution is -0.137. The standard InChI is InChI=1S/C21H19F3N4O4/c1-31-12-15-8-6-14(7-9-15)10-25-19(29)13-32-20(30)17-11-28(27-26-17)18-5-3-2-4-16(18)21(22,23)24/h2-9,11H,10,12-13H2,1H3,(H,25,29). The highest BCUT2D eigenvalue weighted by Gasteiger charge is 2.34. The monoisotopic (exact) mass is 448 g/mol. The minimum Gasteiger partial charge on any atom is -0.451 e. The Hall–Kier alpha value is -3.73. The van der Waals surface area contributed by atoms with Crippen LogP contribution in [0.2, 0.25) is 0 Å². The predicted molar refractivity (Wildman–Crippen MR) is 106 cm³/mol. The number of amides is 1. The van der Waals surface area contributed by atoms with Gasteiger partial charge in [-0.25, -0.2) is 9.48 Å². The maximum atomic E-state index is 13.2. The molecule has 168 valence electrons. The zero-order valence-corrected chi connectivity index (χ0v) is 16.9. The van der Waals surface area contributed by atoms with Gasteiger partial charge in [0.15, 0.2) is 12.3 Å². The summed E-state index contributed by atoms with van der Waals surface area (Å²) < 4.78 is 50.2. The van der Waals surface area contributed by atoms with Gasteiger partial charge in [0, 0.05) is 13.7 Å². The third kappa shape index (κ3) is 5.91. The summed E-state index contributed by atoms with van der Waals surface area (Å²) in [7, 11) is 1.59. The van der Waals surface area contributed by atoms with E-state index in [0.29, 0.717) is 6.61 Å². The van der Waals surface area contributed by atoms with E-state index in [2.05, 4.69) is 15.6 Å². The first-order valence-corrected chi connectivity index (χ1v) is 9.37. The van der Waals surface area contributed by atoms with Crippen molar-refractivity contribution in [3.05, 3.63) is 77.1 Å². The molecule has 8 nitrogen and oxygen atoms in total. The van der Waals surface area contributed by atoms with Crippen LogP contribution in [0.15, 0.2) is 54.7 Å². The van der Waals surface area contributed by atoms with Crippen molar-refractivity contribution in [1.82, 2.24) is 20.3 Å². The molecule has 3 rings (SSSR count). The molecule has 1 amide bonds. The third-order valence-electron chi connectivity index (χ3n) is 4.32. The Bertz CT molecular complexity index is 1080. The van der Waals surface area contributed by atoms with Crippen LogP contribution < -0.4 is 5.32 Å². The van der Waals surface area contributed by atoms with Crippen molar-refractivity contribution in [3.8, 4) is 5.69 Å². The van der Waals surface area contributed by atoms with Crippen molar-refractivity contribution in [1.29, 1.82) is 0 Å². The predicted octanol–water partition coefficient (Wildman–Crippen LogP) is 2.91. The second-order valence-electron chi connectivity index (χ2n) is 6.67. The molecule has 0 aliphatic carbocycles. The molecule has 0 saturated heterocycles. The van der Waals surface area contributed by atoms with E-state index < -0.39 is 30.2 Å². The minimum absolute atomic E-state index is 0.230. The van der Waals surface area contributed by atoms with Crippen LogP contribution in [0, 0.1) is 0 Å². The van der Waals surface area contributed by atoms with E-state index in [-0.39, 0.29) is 17.9 Å². The molecule has 0 unspecified atom stereocenters. The number of esters is 1. The lowest BCUT2D eigenvalue weighted by atomic mass is 10.1. The Kier molecular flexibility index (Phi) is 7.21. The lowest BCUT2D eigenvalue weighted by Gasteiger charge is -2.11. The zero-order valence-electron chi connectivity index (χ0n) is 16.9. The Labute approximate surface area is 180 Å². The van der Waals surface area contributed by atoms with Gasteiger partial charge in [0.25, 0.3) is 5.91 Å². The molecule has 0 atom stereocenters. The number of benzene rings is 2. The van der Waals surface area contributed by atoms with E-state index in [0.717, 1.165) is 28.1 Å². The molecule has 0 aliphatic heterocycles. The van der Waals surface area contributed by atoms with Crippen molar-refractivity contribution in [2.75, 3.05) is 13.7 Å². The zero-order chi connectivity index (χ0) is 23.1. The van der Waals surface area contributed by atoms with E-state index in [1.54, 1.807) is 7.11 Å². The van der Waals surface area contributed by atoms with Crippen LogP contribution in [0.3, 0.4) is 0 Å². The van der Waals surface area contributed by atoms with Gasteiger partial charge in [0.05, 0.1) is 24.1 Å². The van der Waals surface area contributed by atoms with Gasteiger partial charge in [-0.05, 0) is 23.3 Å². The van der Waals surface area contributed by atoms with Crippen molar-refractivity contribution < 1.29 is 32.2 Å². The normalized spacial score (nSPS) is 11.2. The van der Waals surface area contributed by atoms with Gasteiger partial charge in [-0.1, -0.05) is 41.6 Å². The Balaban J connectivity index is 1.54. The first-order valence-electron chi connectivity index (χ1n) is 9.37. The Morgan fingerprint density at radius 2 is 1.75 bits per heavy atom. The van der Waals surface area contributed by atoms with Gasteiger partial charge >= 0.3 is 12.1 Å². The summed E-state index contributed by atoms with van der Waals surface area (Å²) in [5, 5.41) is 9.70. The topological polar surface area (TPSA) is 95.3 Å². The van der Waals surface area contributed by atoms with E-state index in [4.69, 9.17) is 9.47 Å². The summed E-state index contributed by atoms with van der Waals surface area (Å²) in [6.07, 6.45) is -3.60. The number of nitrogens with one attached hydrogen (secondary N) is 1. The number of carbonyl (C=O) groups excluding carboxylic acids is 2. The first-order chi connectivity index (χ1) is 15.3. The lowest BCUT2D eigenvalue weighted by Crippen LogP contribution is -2.28. The molecule has 0 aliphatic rings. The van der Waals surface area contributed by atoms with E-state index in [1.807, 2.05) is 24.3 Å². The maximum Gasteiger partial charge on any atom is 0.418 e. The molecular formula is C21H19F3N4O4. The Morgan fingerprint density at radius 3 is 2.44 bits per heavy atom. The number of ether oxygens (including phenoxy) is 2. The fraction of sp³-hybridized carbons (Fsp3) is 0.238. The van der Waals surface area contributed by atoms with Crippen molar-refractivity contribution in [2.24, 2.45) is 0 Å². The van der Waals surface area contributed by atoms with E-state index >= 15 is 0 Å². The van der Waals surface area contributed by atoms with E-state index in [1.165, 1.54) is 18.2 Å². The molecule has 1 N–H and O–H groups in total. The molecule has 0 bridgehead atoms. The number of nitrogens with zero attached hydrogens (tertiary/aromatic N) is 3. The van der Waals surface area contributed by atoms with Crippen LogP contribution in [0.4, 0.5) is 13.2 Å². The number of rotatable bonds is 8. The van der Waals surface area contributed by atoms with Gasteiger partial charge in [-0.15, -0.1) is 5.10 Å². The number of aromatic nitrogens is 3. The van der Waals surface area contributed by atoms with Gasteiger partial charge in [0.2, 0.25) is 0 Å². The maximum absolute atomic E-state index is 13.2. The highest BCUT2D eigenvalue weighted by Crippen LogP contribution is 2.33. The third-order valence-corrected chi connectivity index (χ3v) is 4.32. The van der Waals surface area contributed by atoms with Crippen LogP contribution >= 0.6 is 0 Å². The second kappa shape index (κ2) is 10.1. The SMILES string of the molecule is COCc1ccc(CNC(=O)COC(=O)c2cn(-c3ccccc3C(F)(F)F)nn2)cc1. The largest absolute Gasteiger partial charge is 0.451 e.